The lowest BCUT2D eigenvalue weighted by Gasteiger charge is -2.38. The average Bonchev–Trinajstić information content (AvgIpc) is 2.76. The van der Waals surface area contributed by atoms with Crippen LogP contribution in [0.2, 0.25) is 0 Å². The molecule has 1 aliphatic rings. The molecular weight excluding hydrogens is 234 g/mol. The molecule has 1 aliphatic heterocycles. The molecule has 1 amide bonds. The summed E-state index contributed by atoms with van der Waals surface area (Å²) in [5, 5.41) is 16.9. The van der Waals surface area contributed by atoms with E-state index < -0.39 is 6.09 Å². The van der Waals surface area contributed by atoms with E-state index in [4.69, 9.17) is 9.52 Å². The third-order valence-corrected chi connectivity index (χ3v) is 3.64. The summed E-state index contributed by atoms with van der Waals surface area (Å²) >= 11 is 0. The minimum absolute atomic E-state index is 0.382. The first-order chi connectivity index (χ1) is 8.45. The fourth-order valence-corrected chi connectivity index (χ4v) is 2.39. The van der Waals surface area contributed by atoms with Crippen molar-refractivity contribution in [2.24, 2.45) is 0 Å². The molecule has 0 bridgehead atoms. The van der Waals surface area contributed by atoms with Gasteiger partial charge >= 0.3 is 6.09 Å². The van der Waals surface area contributed by atoms with E-state index in [0.717, 1.165) is 5.57 Å². The lowest BCUT2D eigenvalue weighted by molar-refractivity contribution is 0.116. The predicted molar refractivity (Wildman–Crippen MR) is 64.4 cm³/mol. The standard InChI is InChI=1S/C12H17N3O3/c1-8(2)12(10-14-13-9(3)18-10)4-6-15(7-5-12)11(16)17/h1,4-7H2,2-3H3,(H,16,17). The first-order valence-corrected chi connectivity index (χ1v) is 5.90. The van der Waals surface area contributed by atoms with Gasteiger partial charge in [-0.3, -0.25) is 0 Å². The van der Waals surface area contributed by atoms with Gasteiger partial charge in [-0.15, -0.1) is 10.2 Å². The highest BCUT2D eigenvalue weighted by molar-refractivity contribution is 5.65. The van der Waals surface area contributed by atoms with E-state index in [1.54, 1.807) is 6.92 Å². The van der Waals surface area contributed by atoms with Crippen molar-refractivity contribution < 1.29 is 14.3 Å². The largest absolute Gasteiger partial charge is 0.465 e. The number of hydrogen-bond donors (Lipinski definition) is 1. The Morgan fingerprint density at radius 3 is 2.44 bits per heavy atom. The zero-order valence-electron chi connectivity index (χ0n) is 10.6. The number of piperidine rings is 1. The molecule has 6 heteroatoms. The summed E-state index contributed by atoms with van der Waals surface area (Å²) in [7, 11) is 0. The number of aromatic nitrogens is 2. The number of hydrogen-bond acceptors (Lipinski definition) is 4. The van der Waals surface area contributed by atoms with E-state index in [0.29, 0.717) is 37.7 Å². The number of carbonyl (C=O) groups is 1. The predicted octanol–water partition coefficient (Wildman–Crippen LogP) is 1.97. The molecule has 1 fully saturated rings. The van der Waals surface area contributed by atoms with Crippen molar-refractivity contribution in [2.75, 3.05) is 13.1 Å². The topological polar surface area (TPSA) is 79.5 Å². The highest BCUT2D eigenvalue weighted by Crippen LogP contribution is 2.40. The molecule has 0 radical (unpaired) electrons. The SMILES string of the molecule is C=C(C)C1(c2nnc(C)o2)CCN(C(=O)O)CC1. The molecule has 2 heterocycles. The highest BCUT2D eigenvalue weighted by atomic mass is 16.4. The summed E-state index contributed by atoms with van der Waals surface area (Å²) in [4.78, 5) is 12.3. The number of amides is 1. The zero-order valence-corrected chi connectivity index (χ0v) is 10.6. The number of allylic oxidation sites excluding steroid dienone is 1. The van der Waals surface area contributed by atoms with Crippen LogP contribution in [0.1, 0.15) is 31.5 Å². The first-order valence-electron chi connectivity index (χ1n) is 5.90. The molecule has 0 saturated carbocycles. The van der Waals surface area contributed by atoms with Crippen molar-refractivity contribution in [1.82, 2.24) is 15.1 Å². The molecule has 6 nitrogen and oxygen atoms in total. The molecule has 0 unspecified atom stereocenters. The summed E-state index contributed by atoms with van der Waals surface area (Å²) < 4.78 is 5.53. The second kappa shape index (κ2) is 4.44. The van der Waals surface area contributed by atoms with E-state index in [9.17, 15) is 4.79 Å². The van der Waals surface area contributed by atoms with E-state index in [2.05, 4.69) is 16.8 Å². The van der Waals surface area contributed by atoms with Crippen LogP contribution in [0.25, 0.3) is 0 Å². The summed E-state index contributed by atoms with van der Waals surface area (Å²) in [5.41, 5.74) is 0.559. The van der Waals surface area contributed by atoms with Crippen molar-refractivity contribution in [1.29, 1.82) is 0 Å². The Balaban J connectivity index is 2.26. The Bertz CT molecular complexity index is 473. The van der Waals surface area contributed by atoms with Crippen molar-refractivity contribution in [3.8, 4) is 0 Å². The van der Waals surface area contributed by atoms with Crippen molar-refractivity contribution >= 4 is 6.09 Å². The third kappa shape index (κ3) is 1.98. The summed E-state index contributed by atoms with van der Waals surface area (Å²) in [6, 6.07) is 0. The van der Waals surface area contributed by atoms with Crippen molar-refractivity contribution in [3.05, 3.63) is 23.9 Å². The van der Waals surface area contributed by atoms with E-state index in [1.165, 1.54) is 4.90 Å². The molecule has 1 aromatic rings. The van der Waals surface area contributed by atoms with Gasteiger partial charge in [0.25, 0.3) is 0 Å². The van der Waals surface area contributed by atoms with Gasteiger partial charge in [0.05, 0.1) is 5.41 Å². The van der Waals surface area contributed by atoms with Crippen LogP contribution >= 0.6 is 0 Å². The van der Waals surface area contributed by atoms with Gasteiger partial charge in [-0.05, 0) is 19.8 Å². The molecule has 1 saturated heterocycles. The minimum atomic E-state index is -0.882. The Labute approximate surface area is 105 Å². The average molecular weight is 251 g/mol. The summed E-state index contributed by atoms with van der Waals surface area (Å²) in [6.07, 6.45) is 0.388. The normalized spacial score (nSPS) is 18.7. The maximum absolute atomic E-state index is 10.9. The van der Waals surface area contributed by atoms with Crippen LogP contribution < -0.4 is 0 Å². The maximum Gasteiger partial charge on any atom is 0.407 e. The van der Waals surface area contributed by atoms with Crippen molar-refractivity contribution in [3.63, 3.8) is 0 Å². The quantitative estimate of drug-likeness (QED) is 0.813. The van der Waals surface area contributed by atoms with E-state index >= 15 is 0 Å². The van der Waals surface area contributed by atoms with Crippen LogP contribution in [0, 0.1) is 6.92 Å². The molecule has 1 N–H and O–H groups in total. The van der Waals surface area contributed by atoms with Crippen LogP contribution in [0.15, 0.2) is 16.6 Å². The number of rotatable bonds is 2. The monoisotopic (exact) mass is 251 g/mol. The zero-order chi connectivity index (χ0) is 13.3. The molecule has 18 heavy (non-hydrogen) atoms. The molecule has 0 atom stereocenters. The van der Waals surface area contributed by atoms with Crippen LogP contribution in [0.3, 0.4) is 0 Å². The van der Waals surface area contributed by atoms with Gasteiger partial charge in [0.2, 0.25) is 11.8 Å². The van der Waals surface area contributed by atoms with E-state index in [1.807, 2.05) is 6.92 Å². The lowest BCUT2D eigenvalue weighted by Crippen LogP contribution is -2.45. The molecule has 0 aromatic carbocycles. The van der Waals surface area contributed by atoms with Crippen LogP contribution in [-0.2, 0) is 5.41 Å². The Morgan fingerprint density at radius 2 is 2.06 bits per heavy atom. The Hall–Kier alpha value is -1.85. The number of aryl methyl sites for hydroxylation is 1. The molecule has 2 rings (SSSR count). The van der Waals surface area contributed by atoms with Gasteiger partial charge in [0, 0.05) is 20.0 Å². The second-order valence-corrected chi connectivity index (χ2v) is 4.76. The molecule has 1 aromatic heterocycles. The molecular formula is C12H17N3O3. The van der Waals surface area contributed by atoms with Gasteiger partial charge in [0.15, 0.2) is 0 Å². The third-order valence-electron chi connectivity index (χ3n) is 3.64. The lowest BCUT2D eigenvalue weighted by atomic mass is 9.73. The number of nitrogens with zero attached hydrogens (tertiary/aromatic N) is 3. The highest BCUT2D eigenvalue weighted by Gasteiger charge is 2.42. The summed E-state index contributed by atoms with van der Waals surface area (Å²) in [6.45, 7) is 8.61. The fraction of sp³-hybridized carbons (Fsp3) is 0.583. The van der Waals surface area contributed by atoms with Crippen LogP contribution in [0.5, 0.6) is 0 Å². The Kier molecular flexibility index (Phi) is 3.11. The smallest absolute Gasteiger partial charge is 0.407 e. The van der Waals surface area contributed by atoms with Gasteiger partial charge in [-0.1, -0.05) is 12.2 Å². The first kappa shape index (κ1) is 12.6. The minimum Gasteiger partial charge on any atom is -0.465 e. The molecule has 98 valence electrons. The number of carboxylic acid groups (broad SMARTS) is 1. The summed E-state index contributed by atoms with van der Waals surface area (Å²) in [5.74, 6) is 1.07. The van der Waals surface area contributed by atoms with Crippen molar-refractivity contribution in [2.45, 2.75) is 32.1 Å². The van der Waals surface area contributed by atoms with Crippen LogP contribution in [0.4, 0.5) is 4.79 Å². The molecule has 0 spiro atoms. The van der Waals surface area contributed by atoms with Gasteiger partial charge in [0.1, 0.15) is 0 Å². The number of likely N-dealkylation sites (tertiary alicyclic amines) is 1. The van der Waals surface area contributed by atoms with Gasteiger partial charge in [-0.2, -0.15) is 0 Å². The second-order valence-electron chi connectivity index (χ2n) is 4.76. The van der Waals surface area contributed by atoms with Gasteiger partial charge < -0.3 is 14.4 Å². The molecule has 0 aliphatic carbocycles. The maximum atomic E-state index is 10.9. The fourth-order valence-electron chi connectivity index (χ4n) is 2.39. The van der Waals surface area contributed by atoms with Crippen LogP contribution in [-0.4, -0.2) is 39.4 Å². The Morgan fingerprint density at radius 1 is 1.44 bits per heavy atom. The van der Waals surface area contributed by atoms with Gasteiger partial charge in [-0.25, -0.2) is 4.79 Å². The van der Waals surface area contributed by atoms with E-state index in [-0.39, 0.29) is 5.41 Å².